The first-order chi connectivity index (χ1) is 14.3. The second-order valence-corrected chi connectivity index (χ2v) is 9.67. The van der Waals surface area contributed by atoms with Crippen LogP contribution >= 0.6 is 23.2 Å². The Morgan fingerprint density at radius 2 is 2.07 bits per heavy atom. The summed E-state index contributed by atoms with van der Waals surface area (Å²) in [6.07, 6.45) is 4.49. The first kappa shape index (κ1) is 22.7. The van der Waals surface area contributed by atoms with Gasteiger partial charge in [-0.1, -0.05) is 29.3 Å². The first-order valence-electron chi connectivity index (χ1n) is 9.10. The minimum Gasteiger partial charge on any atom is -0.473 e. The quantitative estimate of drug-likeness (QED) is 0.466. The van der Waals surface area contributed by atoms with E-state index in [9.17, 15) is 13.2 Å². The van der Waals surface area contributed by atoms with Gasteiger partial charge in [-0.15, -0.1) is 0 Å². The van der Waals surface area contributed by atoms with Crippen molar-refractivity contribution in [3.05, 3.63) is 52.4 Å². The van der Waals surface area contributed by atoms with E-state index < -0.39 is 27.6 Å². The van der Waals surface area contributed by atoms with Gasteiger partial charge in [0, 0.05) is 31.7 Å². The molecule has 1 amide bonds. The topological polar surface area (TPSA) is 122 Å². The number of hydrogen-bond donors (Lipinski definition) is 2. The fraction of sp³-hybridized carbons (Fsp3) is 0.389. The number of sulfonamides is 1. The zero-order valence-corrected chi connectivity index (χ0v) is 18.1. The highest BCUT2D eigenvalue weighted by Gasteiger charge is 2.37. The van der Waals surface area contributed by atoms with Crippen molar-refractivity contribution in [1.29, 1.82) is 0 Å². The van der Waals surface area contributed by atoms with Crippen LogP contribution < -0.4 is 10.2 Å². The van der Waals surface area contributed by atoms with Crippen LogP contribution in [0.1, 0.15) is 30.1 Å². The summed E-state index contributed by atoms with van der Waals surface area (Å²) in [5.41, 5.74) is 1.86. The van der Waals surface area contributed by atoms with E-state index in [0.717, 1.165) is 0 Å². The number of hydrogen-bond acceptors (Lipinski definition) is 7. The summed E-state index contributed by atoms with van der Waals surface area (Å²) in [6.45, 7) is 0.408. The lowest BCUT2D eigenvalue weighted by Crippen LogP contribution is -2.44. The predicted octanol–water partition coefficient (Wildman–Crippen LogP) is 2.59. The normalized spacial score (nSPS) is 16.8. The second kappa shape index (κ2) is 9.88. The third-order valence-electron chi connectivity index (χ3n) is 4.72. The van der Waals surface area contributed by atoms with E-state index >= 15 is 0 Å². The Morgan fingerprint density at radius 1 is 1.33 bits per heavy atom. The maximum Gasteiger partial charge on any atom is 0.245 e. The number of pyridine rings is 2. The van der Waals surface area contributed by atoms with E-state index in [-0.39, 0.29) is 30.1 Å². The number of nitrogens with zero attached hydrogens (tertiary/aromatic N) is 3. The van der Waals surface area contributed by atoms with Crippen LogP contribution in [0.25, 0.3) is 0 Å². The molecule has 2 N–H and O–H groups in total. The largest absolute Gasteiger partial charge is 0.473 e. The molecule has 0 aliphatic carbocycles. The number of hydroxylamine groups is 1. The number of amides is 1. The van der Waals surface area contributed by atoms with Gasteiger partial charge < -0.3 is 4.74 Å². The molecule has 1 fully saturated rings. The maximum absolute atomic E-state index is 13.2. The number of carbonyl (C=O) groups is 1. The Balaban J connectivity index is 1.71. The van der Waals surface area contributed by atoms with Crippen LogP contribution in [0.4, 0.5) is 0 Å². The molecule has 3 rings (SSSR count). The van der Waals surface area contributed by atoms with Crippen molar-refractivity contribution in [3.63, 3.8) is 0 Å². The average Bonchev–Trinajstić information content (AvgIpc) is 2.74. The van der Waals surface area contributed by atoms with Gasteiger partial charge in [-0.2, -0.15) is 0 Å². The molecule has 1 aliphatic rings. The van der Waals surface area contributed by atoms with Gasteiger partial charge in [-0.3, -0.25) is 15.0 Å². The van der Waals surface area contributed by atoms with Crippen molar-refractivity contribution in [2.75, 3.05) is 13.1 Å². The zero-order valence-electron chi connectivity index (χ0n) is 15.7. The molecular formula is C18H20Cl2N4O5S. The highest BCUT2D eigenvalue weighted by molar-refractivity contribution is 7.89. The Hall–Kier alpha value is -1.98. The Kier molecular flexibility index (Phi) is 7.48. The standard InChI is InChI=1S/C18H20Cl2N4O5S/c19-13-8-15(20)18(22-11-13)29-14-3-6-24(7-4-14)30(27,28)16(9-17(25)23-26)12-2-1-5-21-10-12/h1-2,5,8,10-11,14,16,26H,3-4,6-7,9H2,(H,23,25)/t16-/m1/s1. The van der Waals surface area contributed by atoms with Crippen LogP contribution in [0, 0.1) is 0 Å². The van der Waals surface area contributed by atoms with Gasteiger partial charge in [0.05, 0.1) is 11.4 Å². The Labute approximate surface area is 184 Å². The maximum atomic E-state index is 13.2. The summed E-state index contributed by atoms with van der Waals surface area (Å²) < 4.78 is 33.6. The zero-order chi connectivity index (χ0) is 21.7. The van der Waals surface area contributed by atoms with Gasteiger partial charge in [0.2, 0.25) is 21.8 Å². The Morgan fingerprint density at radius 3 is 2.67 bits per heavy atom. The SMILES string of the molecule is O=C(C[C@H](c1cccnc1)S(=O)(=O)N1CCC(Oc2ncc(Cl)cc2Cl)CC1)NO. The molecule has 1 aliphatic heterocycles. The summed E-state index contributed by atoms with van der Waals surface area (Å²) in [5.74, 6) is -0.552. The molecule has 30 heavy (non-hydrogen) atoms. The third-order valence-corrected chi connectivity index (χ3v) is 7.44. The molecular weight excluding hydrogens is 455 g/mol. The molecule has 162 valence electrons. The van der Waals surface area contributed by atoms with Crippen LogP contribution in [-0.4, -0.2) is 53.0 Å². The lowest BCUT2D eigenvalue weighted by atomic mass is 10.1. The fourth-order valence-corrected chi connectivity index (χ4v) is 5.56. The highest BCUT2D eigenvalue weighted by atomic mass is 35.5. The molecule has 3 heterocycles. The third kappa shape index (κ3) is 5.38. The van der Waals surface area contributed by atoms with E-state index in [1.807, 2.05) is 0 Å². The van der Waals surface area contributed by atoms with Crippen molar-refractivity contribution >= 4 is 39.1 Å². The lowest BCUT2D eigenvalue weighted by molar-refractivity contribution is -0.129. The van der Waals surface area contributed by atoms with Crippen molar-refractivity contribution < 1.29 is 23.2 Å². The second-order valence-electron chi connectivity index (χ2n) is 6.72. The minimum atomic E-state index is -3.89. The van der Waals surface area contributed by atoms with E-state index in [1.165, 1.54) is 34.4 Å². The van der Waals surface area contributed by atoms with Gasteiger partial charge in [-0.25, -0.2) is 23.2 Å². The molecule has 0 unspecified atom stereocenters. The number of ether oxygens (including phenoxy) is 1. The van der Waals surface area contributed by atoms with Crippen molar-refractivity contribution in [1.82, 2.24) is 19.8 Å². The number of aromatic nitrogens is 2. The van der Waals surface area contributed by atoms with Gasteiger partial charge in [-0.05, 0) is 30.5 Å². The van der Waals surface area contributed by atoms with Crippen LogP contribution in [0.5, 0.6) is 5.88 Å². The summed E-state index contributed by atoms with van der Waals surface area (Å²) in [5, 5.41) is 8.36. The summed E-state index contributed by atoms with van der Waals surface area (Å²) in [6, 6.07) is 4.71. The molecule has 2 aromatic rings. The molecule has 0 radical (unpaired) electrons. The molecule has 0 aromatic carbocycles. The molecule has 1 atom stereocenters. The van der Waals surface area contributed by atoms with E-state index in [4.69, 9.17) is 33.1 Å². The number of nitrogens with one attached hydrogen (secondary N) is 1. The average molecular weight is 475 g/mol. The number of rotatable bonds is 7. The summed E-state index contributed by atoms with van der Waals surface area (Å²) in [4.78, 5) is 19.7. The van der Waals surface area contributed by atoms with Crippen molar-refractivity contribution in [3.8, 4) is 5.88 Å². The number of halogens is 2. The fourth-order valence-electron chi connectivity index (χ4n) is 3.21. The van der Waals surface area contributed by atoms with Gasteiger partial charge >= 0.3 is 0 Å². The summed E-state index contributed by atoms with van der Waals surface area (Å²) in [7, 11) is -3.89. The van der Waals surface area contributed by atoms with Gasteiger partial charge in [0.1, 0.15) is 16.4 Å². The minimum absolute atomic E-state index is 0.204. The lowest BCUT2D eigenvalue weighted by Gasteiger charge is -2.33. The Bertz CT molecular complexity index is 985. The summed E-state index contributed by atoms with van der Waals surface area (Å²) >= 11 is 11.9. The number of carbonyl (C=O) groups excluding carboxylic acids is 1. The highest BCUT2D eigenvalue weighted by Crippen LogP contribution is 2.32. The smallest absolute Gasteiger partial charge is 0.245 e. The number of piperidine rings is 1. The van der Waals surface area contributed by atoms with E-state index in [2.05, 4.69) is 9.97 Å². The van der Waals surface area contributed by atoms with E-state index in [1.54, 1.807) is 12.1 Å². The molecule has 2 aromatic heterocycles. The van der Waals surface area contributed by atoms with Crippen LogP contribution in [0.3, 0.4) is 0 Å². The molecule has 0 bridgehead atoms. The molecule has 0 spiro atoms. The van der Waals surface area contributed by atoms with Crippen molar-refractivity contribution in [2.45, 2.75) is 30.6 Å². The van der Waals surface area contributed by atoms with E-state index in [0.29, 0.717) is 23.4 Å². The van der Waals surface area contributed by atoms with Crippen LogP contribution in [-0.2, 0) is 14.8 Å². The monoisotopic (exact) mass is 474 g/mol. The van der Waals surface area contributed by atoms with Crippen LogP contribution in [0.2, 0.25) is 10.0 Å². The predicted molar refractivity (Wildman–Crippen MR) is 110 cm³/mol. The van der Waals surface area contributed by atoms with Gasteiger partial charge in [0.15, 0.2) is 0 Å². The first-order valence-corrected chi connectivity index (χ1v) is 11.4. The van der Waals surface area contributed by atoms with Gasteiger partial charge in [0.25, 0.3) is 0 Å². The van der Waals surface area contributed by atoms with Crippen molar-refractivity contribution in [2.24, 2.45) is 0 Å². The molecule has 12 heteroatoms. The molecule has 1 saturated heterocycles. The molecule has 0 saturated carbocycles. The molecule has 9 nitrogen and oxygen atoms in total. The van der Waals surface area contributed by atoms with Crippen LogP contribution in [0.15, 0.2) is 36.8 Å².